The highest BCUT2D eigenvalue weighted by Crippen LogP contribution is 1.81. The van der Waals surface area contributed by atoms with Gasteiger partial charge in [0.2, 0.25) is 0 Å². The number of carbonyl (C=O) groups is 1. The molecule has 0 aromatic heterocycles. The van der Waals surface area contributed by atoms with Crippen LogP contribution in [0.2, 0.25) is 0 Å². The summed E-state index contributed by atoms with van der Waals surface area (Å²) in [5.74, 6) is -0.567. The van der Waals surface area contributed by atoms with E-state index in [1.807, 2.05) is 0 Å². The van der Waals surface area contributed by atoms with Gasteiger partial charge in [-0.2, -0.15) is 0 Å². The largest absolute Gasteiger partial charge is 0.350 e. The van der Waals surface area contributed by atoms with E-state index in [0.717, 1.165) is 0 Å². The zero-order chi connectivity index (χ0) is 5.70. The molecule has 0 heterocycles. The maximum absolute atomic E-state index is 9.92. The summed E-state index contributed by atoms with van der Waals surface area (Å²) in [5, 5.41) is 7.72. The minimum atomic E-state index is -0.567. The van der Waals surface area contributed by atoms with Gasteiger partial charge in [0.25, 0.3) is 6.26 Å². The summed E-state index contributed by atoms with van der Waals surface area (Å²) in [6, 6.07) is 0. The molecule has 0 spiro atoms. The number of alkyl halides is 1. The fraction of sp³-hybridized carbons (Fsp3) is 0.333. The fourth-order valence-corrected chi connectivity index (χ4v) is 0.193. The molecule has 0 saturated heterocycles. The lowest BCUT2D eigenvalue weighted by molar-refractivity contribution is -0.133. The number of halogens is 1. The Morgan fingerprint density at radius 3 is 2.71 bits per heavy atom. The van der Waals surface area contributed by atoms with E-state index in [1.165, 1.54) is 6.26 Å². The van der Waals surface area contributed by atoms with Gasteiger partial charge >= 0.3 is 5.97 Å². The third-order valence-corrected chi connectivity index (χ3v) is 0.726. The molecule has 3 nitrogen and oxygen atoms in total. The molecule has 0 aliphatic rings. The number of rotatable bonds is 1. The summed E-state index contributed by atoms with van der Waals surface area (Å²) >= 11 is 2.79. The van der Waals surface area contributed by atoms with Crippen molar-refractivity contribution in [3.05, 3.63) is 0 Å². The third-order valence-electron chi connectivity index (χ3n) is 0.269. The van der Waals surface area contributed by atoms with Gasteiger partial charge in [0.1, 0.15) is 5.33 Å². The van der Waals surface area contributed by atoms with Crippen LogP contribution >= 0.6 is 15.9 Å². The van der Waals surface area contributed by atoms with Gasteiger partial charge < -0.3 is 4.74 Å². The first-order chi connectivity index (χ1) is 3.31. The molecule has 0 radical (unpaired) electrons. The van der Waals surface area contributed by atoms with Crippen molar-refractivity contribution in [3.8, 4) is 6.26 Å². The van der Waals surface area contributed by atoms with Crippen molar-refractivity contribution in [3.63, 3.8) is 0 Å². The average Bonchev–Trinajstić information content (AvgIpc) is 1.68. The molecule has 7 heavy (non-hydrogen) atoms. The van der Waals surface area contributed by atoms with E-state index >= 15 is 0 Å². The Labute approximate surface area is 49.0 Å². The summed E-state index contributed by atoms with van der Waals surface area (Å²) in [4.78, 5) is 9.92. The third kappa shape index (κ3) is 3.27. The molecule has 38 valence electrons. The predicted molar refractivity (Wildman–Crippen MR) is 25.5 cm³/mol. The zero-order valence-electron chi connectivity index (χ0n) is 3.35. The molecular weight excluding hydrogens is 162 g/mol. The second kappa shape index (κ2) is 3.62. The van der Waals surface area contributed by atoms with Crippen LogP contribution in [0.3, 0.4) is 0 Å². The topological polar surface area (TPSA) is 50.1 Å². The lowest BCUT2D eigenvalue weighted by atomic mass is 10.8. The predicted octanol–water partition coefficient (Wildman–Crippen LogP) is 0.406. The summed E-state index contributed by atoms with van der Waals surface area (Å²) in [6.45, 7) is 0. The molecule has 0 unspecified atom stereocenters. The molecule has 0 aliphatic heterocycles. The highest BCUT2D eigenvalue weighted by Gasteiger charge is 1.94. The van der Waals surface area contributed by atoms with Crippen LogP contribution < -0.4 is 0 Å². The molecule has 0 rings (SSSR count). The first-order valence-electron chi connectivity index (χ1n) is 1.46. The molecule has 0 aliphatic carbocycles. The van der Waals surface area contributed by atoms with Crippen molar-refractivity contribution in [2.75, 3.05) is 5.33 Å². The lowest BCUT2D eigenvalue weighted by Gasteiger charge is -1.81. The van der Waals surface area contributed by atoms with E-state index in [9.17, 15) is 4.79 Å². The smallest absolute Gasteiger partial charge is 0.332 e. The molecule has 0 aromatic rings. The van der Waals surface area contributed by atoms with Gasteiger partial charge in [-0.25, -0.2) is 4.79 Å². The van der Waals surface area contributed by atoms with E-state index in [1.54, 1.807) is 0 Å². The number of carbonyl (C=O) groups excluding carboxylic acids is 1. The lowest BCUT2D eigenvalue weighted by Crippen LogP contribution is -1.98. The van der Waals surface area contributed by atoms with Gasteiger partial charge in [-0.05, 0) is 0 Å². The zero-order valence-corrected chi connectivity index (χ0v) is 4.93. The first kappa shape index (κ1) is 6.44. The van der Waals surface area contributed by atoms with E-state index in [0.29, 0.717) is 0 Å². The molecule has 0 bridgehead atoms. The van der Waals surface area contributed by atoms with Crippen molar-refractivity contribution in [2.24, 2.45) is 0 Å². The second-order valence-corrected chi connectivity index (χ2v) is 1.26. The Hall–Kier alpha value is -0.560. The van der Waals surface area contributed by atoms with Crippen molar-refractivity contribution in [1.29, 1.82) is 5.26 Å². The summed E-state index contributed by atoms with van der Waals surface area (Å²) < 4.78 is 3.81. The Balaban J connectivity index is 3.23. The van der Waals surface area contributed by atoms with Crippen LogP contribution in [-0.2, 0) is 9.53 Å². The molecule has 0 aromatic carbocycles. The number of esters is 1. The standard InChI is InChI=1S/C3H2BrNO2/c4-1-3(6)7-2-5/h1H2. The summed E-state index contributed by atoms with van der Waals surface area (Å²) in [6.07, 6.45) is 1.24. The minimum absolute atomic E-state index is 0.0700. The fourth-order valence-electron chi connectivity index (χ4n) is 0.0782. The molecule has 0 fully saturated rings. The first-order valence-corrected chi connectivity index (χ1v) is 2.58. The average molecular weight is 164 g/mol. The Morgan fingerprint density at radius 2 is 2.57 bits per heavy atom. The number of nitrogens with zero attached hydrogens (tertiary/aromatic N) is 1. The minimum Gasteiger partial charge on any atom is -0.350 e. The summed E-state index contributed by atoms with van der Waals surface area (Å²) in [5.41, 5.74) is 0. The van der Waals surface area contributed by atoms with Crippen LogP contribution in [0.1, 0.15) is 0 Å². The molecule has 0 atom stereocenters. The van der Waals surface area contributed by atoms with Gasteiger partial charge in [0.05, 0.1) is 0 Å². The monoisotopic (exact) mass is 163 g/mol. The van der Waals surface area contributed by atoms with Gasteiger partial charge in [-0.15, -0.1) is 5.26 Å². The highest BCUT2D eigenvalue weighted by molar-refractivity contribution is 9.09. The van der Waals surface area contributed by atoms with Crippen molar-refractivity contribution in [1.82, 2.24) is 0 Å². The number of ether oxygens (including phenoxy) is 1. The Bertz CT molecular complexity index is 106. The Morgan fingerprint density at radius 1 is 2.00 bits per heavy atom. The van der Waals surface area contributed by atoms with E-state index in [4.69, 9.17) is 5.26 Å². The van der Waals surface area contributed by atoms with Gasteiger partial charge in [0.15, 0.2) is 0 Å². The molecule has 0 saturated carbocycles. The maximum Gasteiger partial charge on any atom is 0.332 e. The van der Waals surface area contributed by atoms with Crippen LogP contribution in [0.15, 0.2) is 0 Å². The van der Waals surface area contributed by atoms with Crippen molar-refractivity contribution in [2.45, 2.75) is 0 Å². The van der Waals surface area contributed by atoms with E-state index in [-0.39, 0.29) is 5.33 Å². The van der Waals surface area contributed by atoms with Crippen LogP contribution in [0.5, 0.6) is 0 Å². The van der Waals surface area contributed by atoms with Crippen LogP contribution in [0, 0.1) is 11.5 Å². The van der Waals surface area contributed by atoms with Crippen molar-refractivity contribution >= 4 is 21.9 Å². The SMILES string of the molecule is N#COC(=O)CBr. The number of hydrogen-bond acceptors (Lipinski definition) is 3. The number of nitriles is 1. The Kier molecular flexibility index (Phi) is 3.33. The highest BCUT2D eigenvalue weighted by atomic mass is 79.9. The van der Waals surface area contributed by atoms with Crippen LogP contribution in [0.4, 0.5) is 0 Å². The van der Waals surface area contributed by atoms with Crippen molar-refractivity contribution < 1.29 is 9.53 Å². The van der Waals surface area contributed by atoms with Crippen LogP contribution in [0.25, 0.3) is 0 Å². The van der Waals surface area contributed by atoms with Gasteiger partial charge in [-0.3, -0.25) is 0 Å². The second-order valence-electron chi connectivity index (χ2n) is 0.699. The van der Waals surface area contributed by atoms with Crippen LogP contribution in [-0.4, -0.2) is 11.3 Å². The molecular formula is C3H2BrNO2. The quantitative estimate of drug-likeness (QED) is 0.320. The van der Waals surface area contributed by atoms with E-state index in [2.05, 4.69) is 20.7 Å². The maximum atomic E-state index is 9.92. The normalized spacial score (nSPS) is 6.86. The molecule has 0 N–H and O–H groups in total. The summed E-state index contributed by atoms with van der Waals surface area (Å²) in [7, 11) is 0. The number of hydrogen-bond donors (Lipinski definition) is 0. The van der Waals surface area contributed by atoms with Gasteiger partial charge in [0, 0.05) is 0 Å². The van der Waals surface area contributed by atoms with Gasteiger partial charge in [-0.1, -0.05) is 15.9 Å². The van der Waals surface area contributed by atoms with E-state index < -0.39 is 5.97 Å². The molecule has 0 amide bonds. The molecule has 4 heteroatoms.